The molecule has 0 N–H and O–H groups in total. The molecule has 0 atom stereocenters. The smallest absolute Gasteiger partial charge is 0.292 e. The molecule has 0 aromatic heterocycles. The van der Waals surface area contributed by atoms with Crippen LogP contribution in [0.15, 0.2) is 35.8 Å². The molecule has 2 heterocycles. The minimum atomic E-state index is -0.115. The third-order valence-electron chi connectivity index (χ3n) is 3.59. The normalized spacial score (nSPS) is 18.7. The van der Waals surface area contributed by atoms with Gasteiger partial charge in [0, 0.05) is 0 Å². The number of amides is 1. The van der Waals surface area contributed by atoms with Crippen molar-refractivity contribution in [3.63, 3.8) is 0 Å². The first-order valence-corrected chi connectivity index (χ1v) is 7.12. The maximum atomic E-state index is 12.3. The van der Waals surface area contributed by atoms with Gasteiger partial charge in [0.05, 0.1) is 13.1 Å². The first-order chi connectivity index (χ1) is 10.1. The van der Waals surface area contributed by atoms with Gasteiger partial charge in [-0.25, -0.2) is 0 Å². The molecule has 1 aromatic rings. The van der Waals surface area contributed by atoms with E-state index in [1.165, 1.54) is 0 Å². The molecule has 1 fully saturated rings. The van der Waals surface area contributed by atoms with Gasteiger partial charge >= 0.3 is 0 Å². The highest BCUT2D eigenvalue weighted by Gasteiger charge is 2.36. The van der Waals surface area contributed by atoms with Crippen molar-refractivity contribution < 1.29 is 19.0 Å². The predicted molar refractivity (Wildman–Crippen MR) is 76.8 cm³/mol. The molecule has 2 aliphatic heterocycles. The molecule has 0 radical (unpaired) electrons. The largest absolute Gasteiger partial charge is 0.491 e. The summed E-state index contributed by atoms with van der Waals surface area (Å²) in [4.78, 5) is 14.0. The number of allylic oxidation sites excluding steroid dienone is 1. The lowest BCUT2D eigenvalue weighted by molar-refractivity contribution is -0.141. The Morgan fingerprint density at radius 3 is 2.71 bits per heavy atom. The second-order valence-electron chi connectivity index (χ2n) is 5.35. The standard InChI is InChI=1S/C16H19NO4/c1-11-4-3-5-13(8-11)21-14-9-17(10-14)16(18)15-12(2)19-6-7-20-15/h3-5,8,14H,6-7,9-10H2,1-2H3. The number of aryl methyl sites for hydroxylation is 1. The van der Waals surface area contributed by atoms with E-state index in [0.29, 0.717) is 37.8 Å². The molecule has 0 spiro atoms. The molecule has 2 aliphatic rings. The molecule has 21 heavy (non-hydrogen) atoms. The lowest BCUT2D eigenvalue weighted by Crippen LogP contribution is -2.57. The molecule has 0 saturated carbocycles. The monoisotopic (exact) mass is 289 g/mol. The molecular formula is C16H19NO4. The summed E-state index contributed by atoms with van der Waals surface area (Å²) in [6.45, 7) is 5.86. The van der Waals surface area contributed by atoms with Gasteiger partial charge in [-0.05, 0) is 31.5 Å². The molecule has 5 heteroatoms. The van der Waals surface area contributed by atoms with Crippen LogP contribution in [0.25, 0.3) is 0 Å². The fraction of sp³-hybridized carbons (Fsp3) is 0.438. The first-order valence-electron chi connectivity index (χ1n) is 7.12. The predicted octanol–water partition coefficient (Wildman–Crippen LogP) is 1.86. The molecule has 0 unspecified atom stereocenters. The Labute approximate surface area is 124 Å². The Morgan fingerprint density at radius 2 is 2.00 bits per heavy atom. The Kier molecular flexibility index (Phi) is 3.73. The van der Waals surface area contributed by atoms with Gasteiger partial charge in [-0.15, -0.1) is 0 Å². The van der Waals surface area contributed by atoms with E-state index in [-0.39, 0.29) is 12.0 Å². The summed E-state index contributed by atoms with van der Waals surface area (Å²) in [6, 6.07) is 7.92. The fourth-order valence-electron chi connectivity index (χ4n) is 2.42. The van der Waals surface area contributed by atoms with Gasteiger partial charge in [0.2, 0.25) is 5.76 Å². The minimum Gasteiger partial charge on any atom is -0.491 e. The van der Waals surface area contributed by atoms with Crippen molar-refractivity contribution in [3.8, 4) is 5.75 Å². The van der Waals surface area contributed by atoms with E-state index in [4.69, 9.17) is 14.2 Å². The highest BCUT2D eigenvalue weighted by molar-refractivity contribution is 5.92. The zero-order valence-electron chi connectivity index (χ0n) is 12.3. The molecular weight excluding hydrogens is 270 g/mol. The van der Waals surface area contributed by atoms with Crippen LogP contribution in [0.4, 0.5) is 0 Å². The number of hydrogen-bond donors (Lipinski definition) is 0. The molecule has 112 valence electrons. The Morgan fingerprint density at radius 1 is 1.24 bits per heavy atom. The maximum absolute atomic E-state index is 12.3. The van der Waals surface area contributed by atoms with Crippen LogP contribution in [0.3, 0.4) is 0 Å². The van der Waals surface area contributed by atoms with Crippen molar-refractivity contribution in [1.29, 1.82) is 0 Å². The highest BCUT2D eigenvalue weighted by atomic mass is 16.6. The van der Waals surface area contributed by atoms with Crippen LogP contribution < -0.4 is 4.74 Å². The quantitative estimate of drug-likeness (QED) is 0.852. The lowest BCUT2D eigenvalue weighted by atomic mass is 10.1. The SMILES string of the molecule is CC1=C(C(=O)N2CC(Oc3cccc(C)c3)C2)OCCO1. The van der Waals surface area contributed by atoms with Crippen molar-refractivity contribution >= 4 is 5.91 Å². The second kappa shape index (κ2) is 5.68. The molecule has 1 aromatic carbocycles. The zero-order chi connectivity index (χ0) is 14.8. The summed E-state index contributed by atoms with van der Waals surface area (Å²) >= 11 is 0. The van der Waals surface area contributed by atoms with Crippen LogP contribution in [0.5, 0.6) is 5.75 Å². The van der Waals surface area contributed by atoms with Crippen molar-refractivity contribution in [2.45, 2.75) is 20.0 Å². The lowest BCUT2D eigenvalue weighted by Gasteiger charge is -2.39. The van der Waals surface area contributed by atoms with E-state index in [2.05, 4.69) is 0 Å². The van der Waals surface area contributed by atoms with Gasteiger partial charge in [-0.1, -0.05) is 12.1 Å². The number of benzene rings is 1. The van der Waals surface area contributed by atoms with Crippen LogP contribution in [0.2, 0.25) is 0 Å². The number of carbonyl (C=O) groups excluding carboxylic acids is 1. The van der Waals surface area contributed by atoms with E-state index >= 15 is 0 Å². The van der Waals surface area contributed by atoms with E-state index in [0.717, 1.165) is 11.3 Å². The van der Waals surface area contributed by atoms with E-state index in [1.807, 2.05) is 31.2 Å². The van der Waals surface area contributed by atoms with Crippen LogP contribution in [0, 0.1) is 6.92 Å². The first kappa shape index (κ1) is 13.8. The van der Waals surface area contributed by atoms with Crippen LogP contribution >= 0.6 is 0 Å². The molecule has 0 bridgehead atoms. The zero-order valence-corrected chi connectivity index (χ0v) is 12.3. The van der Waals surface area contributed by atoms with Gasteiger partial charge in [0.25, 0.3) is 5.91 Å². The van der Waals surface area contributed by atoms with Crippen molar-refractivity contribution in [3.05, 3.63) is 41.3 Å². The maximum Gasteiger partial charge on any atom is 0.292 e. The number of ether oxygens (including phenoxy) is 3. The Balaban J connectivity index is 1.55. The average molecular weight is 289 g/mol. The van der Waals surface area contributed by atoms with Crippen LogP contribution in [-0.4, -0.2) is 43.2 Å². The summed E-state index contributed by atoms with van der Waals surface area (Å²) in [6.07, 6.45) is 0.0427. The summed E-state index contributed by atoms with van der Waals surface area (Å²) in [5.41, 5.74) is 1.16. The van der Waals surface area contributed by atoms with Gasteiger partial charge in [0.15, 0.2) is 0 Å². The molecule has 0 aliphatic carbocycles. The van der Waals surface area contributed by atoms with Gasteiger partial charge in [-0.2, -0.15) is 0 Å². The van der Waals surface area contributed by atoms with E-state index < -0.39 is 0 Å². The van der Waals surface area contributed by atoms with E-state index in [1.54, 1.807) is 11.8 Å². The number of likely N-dealkylation sites (tertiary alicyclic amines) is 1. The number of nitrogens with zero attached hydrogens (tertiary/aromatic N) is 1. The average Bonchev–Trinajstić information content (AvgIpc) is 2.42. The van der Waals surface area contributed by atoms with Crippen molar-refractivity contribution in [2.75, 3.05) is 26.3 Å². The van der Waals surface area contributed by atoms with Crippen LogP contribution in [0.1, 0.15) is 12.5 Å². The van der Waals surface area contributed by atoms with Gasteiger partial charge in [-0.3, -0.25) is 4.79 Å². The van der Waals surface area contributed by atoms with Gasteiger partial charge < -0.3 is 19.1 Å². The summed E-state index contributed by atoms with van der Waals surface area (Å²) in [7, 11) is 0. The fourth-order valence-corrected chi connectivity index (χ4v) is 2.42. The molecule has 1 amide bonds. The number of hydrogen-bond acceptors (Lipinski definition) is 4. The molecule has 1 saturated heterocycles. The third-order valence-corrected chi connectivity index (χ3v) is 3.59. The van der Waals surface area contributed by atoms with Gasteiger partial charge in [0.1, 0.15) is 30.8 Å². The van der Waals surface area contributed by atoms with Crippen molar-refractivity contribution in [2.24, 2.45) is 0 Å². The van der Waals surface area contributed by atoms with Crippen LogP contribution in [-0.2, 0) is 14.3 Å². The highest BCUT2D eigenvalue weighted by Crippen LogP contribution is 2.22. The molecule has 3 rings (SSSR count). The Hall–Kier alpha value is -2.17. The molecule has 5 nitrogen and oxygen atoms in total. The second-order valence-corrected chi connectivity index (χ2v) is 5.35. The van der Waals surface area contributed by atoms with E-state index in [9.17, 15) is 4.79 Å². The summed E-state index contributed by atoms with van der Waals surface area (Å²) in [5, 5.41) is 0. The minimum absolute atomic E-state index is 0.0427. The third kappa shape index (κ3) is 2.96. The number of carbonyl (C=O) groups is 1. The number of rotatable bonds is 3. The van der Waals surface area contributed by atoms with Crippen molar-refractivity contribution in [1.82, 2.24) is 4.90 Å². The Bertz CT molecular complexity index is 575. The topological polar surface area (TPSA) is 48.0 Å². The summed E-state index contributed by atoms with van der Waals surface area (Å²) in [5.74, 6) is 1.63. The summed E-state index contributed by atoms with van der Waals surface area (Å²) < 4.78 is 16.6.